The van der Waals surface area contributed by atoms with Crippen LogP contribution in [0.3, 0.4) is 0 Å². The predicted molar refractivity (Wildman–Crippen MR) is 147 cm³/mol. The summed E-state index contributed by atoms with van der Waals surface area (Å²) >= 11 is 0. The van der Waals surface area contributed by atoms with E-state index in [1.54, 1.807) is 42.5 Å². The number of sulfonamides is 1. The number of anilines is 1. The monoisotopic (exact) mass is 521 g/mol. The molecule has 8 heteroatoms. The molecule has 1 N–H and O–H groups in total. The smallest absolute Gasteiger partial charge is 0.264 e. The van der Waals surface area contributed by atoms with Crippen LogP contribution in [0.2, 0.25) is 0 Å². The Kier molecular flexibility index (Phi) is 9.47. The summed E-state index contributed by atoms with van der Waals surface area (Å²) in [5.74, 6) is -0.726. The van der Waals surface area contributed by atoms with Gasteiger partial charge < -0.3 is 10.2 Å². The number of benzene rings is 3. The van der Waals surface area contributed by atoms with E-state index in [1.165, 1.54) is 11.9 Å². The quantitative estimate of drug-likeness (QED) is 0.412. The topological polar surface area (TPSA) is 86.8 Å². The van der Waals surface area contributed by atoms with Gasteiger partial charge in [-0.1, -0.05) is 67.1 Å². The molecule has 3 aromatic rings. The van der Waals surface area contributed by atoms with Crippen molar-refractivity contribution in [3.63, 3.8) is 0 Å². The molecule has 0 aliphatic heterocycles. The number of hydrogen-bond acceptors (Lipinski definition) is 4. The zero-order valence-corrected chi connectivity index (χ0v) is 22.7. The molecule has 0 aliphatic carbocycles. The Morgan fingerprint density at radius 3 is 2.16 bits per heavy atom. The minimum Gasteiger partial charge on any atom is -0.357 e. The number of hydrogen-bond donors (Lipinski definition) is 1. The highest BCUT2D eigenvalue weighted by Gasteiger charge is 2.33. The molecular formula is C29H35N3O4S. The predicted octanol–water partition coefficient (Wildman–Crippen LogP) is 4.09. The molecule has 0 spiro atoms. The lowest BCUT2D eigenvalue weighted by Gasteiger charge is -2.33. The van der Waals surface area contributed by atoms with Gasteiger partial charge >= 0.3 is 0 Å². The summed E-state index contributed by atoms with van der Waals surface area (Å²) in [6, 6.07) is 22.6. The van der Waals surface area contributed by atoms with E-state index in [-0.39, 0.29) is 17.3 Å². The van der Waals surface area contributed by atoms with Crippen molar-refractivity contribution >= 4 is 27.5 Å². The molecule has 0 bridgehead atoms. The highest BCUT2D eigenvalue weighted by atomic mass is 32.2. The van der Waals surface area contributed by atoms with Crippen LogP contribution >= 0.6 is 0 Å². The van der Waals surface area contributed by atoms with E-state index >= 15 is 0 Å². The van der Waals surface area contributed by atoms with Gasteiger partial charge in [0.05, 0.1) is 10.6 Å². The number of rotatable bonds is 11. The van der Waals surface area contributed by atoms with Crippen LogP contribution in [0, 0.1) is 13.8 Å². The fraction of sp³-hybridized carbons (Fsp3) is 0.310. The minimum absolute atomic E-state index is 0.0987. The average molecular weight is 522 g/mol. The number of nitrogens with one attached hydrogen (secondary N) is 1. The van der Waals surface area contributed by atoms with Gasteiger partial charge in [0.2, 0.25) is 11.8 Å². The summed E-state index contributed by atoms with van der Waals surface area (Å²) < 4.78 is 28.7. The van der Waals surface area contributed by atoms with E-state index < -0.39 is 28.5 Å². The first kappa shape index (κ1) is 27.9. The van der Waals surface area contributed by atoms with Gasteiger partial charge in [-0.3, -0.25) is 13.9 Å². The first-order valence-electron chi connectivity index (χ1n) is 12.4. The molecule has 0 saturated heterocycles. The summed E-state index contributed by atoms with van der Waals surface area (Å²) in [5, 5.41) is 2.64. The first-order valence-corrected chi connectivity index (χ1v) is 13.8. The second-order valence-corrected chi connectivity index (χ2v) is 10.9. The zero-order chi connectivity index (χ0) is 27.0. The van der Waals surface area contributed by atoms with Gasteiger partial charge in [0.25, 0.3) is 10.0 Å². The largest absolute Gasteiger partial charge is 0.357 e. The number of carbonyl (C=O) groups is 2. The Morgan fingerprint density at radius 2 is 1.57 bits per heavy atom. The molecule has 37 heavy (non-hydrogen) atoms. The van der Waals surface area contributed by atoms with Crippen LogP contribution in [-0.4, -0.2) is 51.3 Å². The third-order valence-electron chi connectivity index (χ3n) is 6.29. The molecule has 1 atom stereocenters. The Labute approximate surface area is 220 Å². The summed E-state index contributed by atoms with van der Waals surface area (Å²) in [6.07, 6.45) is 0.935. The molecule has 0 radical (unpaired) electrons. The van der Waals surface area contributed by atoms with E-state index in [2.05, 4.69) is 5.32 Å². The fourth-order valence-electron chi connectivity index (χ4n) is 4.21. The molecule has 2 amide bonds. The molecule has 0 unspecified atom stereocenters. The van der Waals surface area contributed by atoms with Crippen molar-refractivity contribution < 1.29 is 18.0 Å². The average Bonchev–Trinajstić information content (AvgIpc) is 2.89. The number of amides is 2. The van der Waals surface area contributed by atoms with Gasteiger partial charge in [0.15, 0.2) is 0 Å². The molecule has 3 aromatic carbocycles. The van der Waals surface area contributed by atoms with Crippen molar-refractivity contribution in [2.75, 3.05) is 24.4 Å². The summed E-state index contributed by atoms with van der Waals surface area (Å²) in [4.78, 5) is 28.1. The number of aryl methyl sites for hydroxylation is 2. The molecular weight excluding hydrogens is 486 g/mol. The number of nitrogens with zero attached hydrogens (tertiary/aromatic N) is 2. The van der Waals surface area contributed by atoms with Crippen molar-refractivity contribution in [1.29, 1.82) is 0 Å². The third kappa shape index (κ3) is 6.98. The van der Waals surface area contributed by atoms with Crippen LogP contribution in [0.25, 0.3) is 0 Å². The van der Waals surface area contributed by atoms with Gasteiger partial charge in [0.1, 0.15) is 12.6 Å². The van der Waals surface area contributed by atoms with Crippen molar-refractivity contribution in [2.24, 2.45) is 0 Å². The zero-order valence-electron chi connectivity index (χ0n) is 21.8. The minimum atomic E-state index is -4.06. The maximum atomic E-state index is 13.8. The van der Waals surface area contributed by atoms with E-state index in [4.69, 9.17) is 0 Å². The Hall–Kier alpha value is -3.65. The first-order chi connectivity index (χ1) is 17.7. The van der Waals surface area contributed by atoms with Gasteiger partial charge in [-0.25, -0.2) is 8.42 Å². The normalized spacial score (nSPS) is 12.0. The maximum Gasteiger partial charge on any atom is 0.264 e. The van der Waals surface area contributed by atoms with Crippen molar-refractivity contribution in [1.82, 2.24) is 10.2 Å². The lowest BCUT2D eigenvalue weighted by Crippen LogP contribution is -2.52. The van der Waals surface area contributed by atoms with Crippen molar-refractivity contribution in [3.05, 3.63) is 95.6 Å². The van der Waals surface area contributed by atoms with Gasteiger partial charge in [-0.2, -0.15) is 0 Å². The van der Waals surface area contributed by atoms with E-state index in [9.17, 15) is 18.0 Å². The molecule has 3 rings (SSSR count). The molecule has 0 heterocycles. The van der Waals surface area contributed by atoms with E-state index in [0.717, 1.165) is 21.0 Å². The SMILES string of the molecule is CC[C@H](C(=O)NC)N(CCc1ccccc1)C(=O)CN(c1cccc(C)c1)S(=O)(=O)c1ccc(C)cc1. The highest BCUT2D eigenvalue weighted by Crippen LogP contribution is 2.25. The number of likely N-dealkylation sites (N-methyl/N-ethyl adjacent to an activating group) is 1. The Morgan fingerprint density at radius 1 is 0.892 bits per heavy atom. The summed E-state index contributed by atoms with van der Waals surface area (Å²) in [6.45, 7) is 5.44. The second kappa shape index (κ2) is 12.5. The van der Waals surface area contributed by atoms with Crippen LogP contribution in [-0.2, 0) is 26.0 Å². The van der Waals surface area contributed by atoms with Crippen molar-refractivity contribution in [2.45, 2.75) is 44.6 Å². The van der Waals surface area contributed by atoms with E-state index in [1.807, 2.05) is 57.2 Å². The second-order valence-electron chi connectivity index (χ2n) is 9.02. The van der Waals surface area contributed by atoms with Crippen LogP contribution in [0.15, 0.2) is 83.8 Å². The van der Waals surface area contributed by atoms with Gasteiger partial charge in [-0.15, -0.1) is 0 Å². The summed E-state index contributed by atoms with van der Waals surface area (Å²) in [5.41, 5.74) is 3.21. The molecule has 0 saturated carbocycles. The molecule has 0 aliphatic rings. The Bertz CT molecular complexity index is 1310. The van der Waals surface area contributed by atoms with E-state index in [0.29, 0.717) is 18.5 Å². The van der Waals surface area contributed by atoms with Crippen LogP contribution < -0.4 is 9.62 Å². The lowest BCUT2D eigenvalue weighted by molar-refractivity contribution is -0.139. The van der Waals surface area contributed by atoms with Gasteiger partial charge in [-0.05, 0) is 62.1 Å². The molecule has 196 valence electrons. The maximum absolute atomic E-state index is 13.8. The molecule has 0 aromatic heterocycles. The van der Waals surface area contributed by atoms with Gasteiger partial charge in [0, 0.05) is 13.6 Å². The lowest BCUT2D eigenvalue weighted by atomic mass is 10.1. The standard InChI is InChI=1S/C29H35N3O4S/c1-5-27(29(34)30-4)31(19-18-24-11-7-6-8-12-24)28(33)21-32(25-13-9-10-23(3)20-25)37(35,36)26-16-14-22(2)15-17-26/h6-17,20,27H,5,18-19,21H2,1-4H3,(H,30,34)/t27-/m1/s1. The highest BCUT2D eigenvalue weighted by molar-refractivity contribution is 7.92. The molecule has 7 nitrogen and oxygen atoms in total. The fourth-order valence-corrected chi connectivity index (χ4v) is 5.62. The van der Waals surface area contributed by atoms with Crippen LogP contribution in [0.5, 0.6) is 0 Å². The Balaban J connectivity index is 2.00. The number of carbonyl (C=O) groups excluding carboxylic acids is 2. The van der Waals surface area contributed by atoms with Crippen LogP contribution in [0.4, 0.5) is 5.69 Å². The van der Waals surface area contributed by atoms with Crippen LogP contribution in [0.1, 0.15) is 30.0 Å². The third-order valence-corrected chi connectivity index (χ3v) is 8.08. The summed E-state index contributed by atoms with van der Waals surface area (Å²) in [7, 11) is -2.52. The van der Waals surface area contributed by atoms with Crippen molar-refractivity contribution in [3.8, 4) is 0 Å². The molecule has 0 fully saturated rings.